The summed E-state index contributed by atoms with van der Waals surface area (Å²) in [6.45, 7) is 3.57. The molecule has 5 aromatic rings. The van der Waals surface area contributed by atoms with Gasteiger partial charge < -0.3 is 20.3 Å². The van der Waals surface area contributed by atoms with Crippen molar-refractivity contribution >= 4 is 69.4 Å². The summed E-state index contributed by atoms with van der Waals surface area (Å²) in [7, 11) is 1.56. The fourth-order valence-electron chi connectivity index (χ4n) is 4.66. The molecule has 0 saturated carbocycles. The van der Waals surface area contributed by atoms with Crippen molar-refractivity contribution < 1.29 is 19.1 Å². The van der Waals surface area contributed by atoms with Crippen molar-refractivity contribution in [1.82, 2.24) is 20.3 Å². The maximum atomic E-state index is 13.0. The number of halogens is 2. The number of para-hydroxylation sites is 1. The summed E-state index contributed by atoms with van der Waals surface area (Å²) in [5.74, 6) is -0.130. The van der Waals surface area contributed by atoms with Gasteiger partial charge in [-0.15, -0.1) is 0 Å². The van der Waals surface area contributed by atoms with Crippen LogP contribution in [0.3, 0.4) is 0 Å². The van der Waals surface area contributed by atoms with Gasteiger partial charge in [-0.25, -0.2) is 9.97 Å². The molecule has 2 aromatic carbocycles. The lowest BCUT2D eigenvalue weighted by atomic mass is 10.1. The van der Waals surface area contributed by atoms with Gasteiger partial charge in [0.2, 0.25) is 17.7 Å². The van der Waals surface area contributed by atoms with Crippen molar-refractivity contribution in [2.24, 2.45) is 0 Å². The number of hydrogen-bond acceptors (Lipinski definition) is 7. The molecule has 0 aliphatic rings. The van der Waals surface area contributed by atoms with Crippen LogP contribution in [0.4, 0.5) is 11.5 Å². The van der Waals surface area contributed by atoms with Crippen LogP contribution in [-0.2, 0) is 27.4 Å². The maximum absolute atomic E-state index is 13.0. The van der Waals surface area contributed by atoms with Gasteiger partial charge in [-0.1, -0.05) is 47.5 Å². The Labute approximate surface area is 287 Å². The zero-order valence-corrected chi connectivity index (χ0v) is 28.0. The Bertz CT molecular complexity index is 2000. The summed E-state index contributed by atoms with van der Waals surface area (Å²) in [6.07, 6.45) is 6.21. The van der Waals surface area contributed by atoms with E-state index in [4.69, 9.17) is 27.9 Å². The Hall–Kier alpha value is -5.32. The average Bonchev–Trinajstić information content (AvgIpc) is 3.07. The van der Waals surface area contributed by atoms with E-state index in [0.717, 1.165) is 27.9 Å². The van der Waals surface area contributed by atoms with Crippen LogP contribution in [0, 0.1) is 13.8 Å². The third-order valence-electron chi connectivity index (χ3n) is 7.33. The SMILES string of the molecule is Cc1ccc(CC(=O)Nc2ccc(C=CC(=O)NCC(=O)N(C)c3ccc(Cl)c(COc4cccc5ccc(C)nc45)c3Cl)cn2)cn1. The zero-order valence-electron chi connectivity index (χ0n) is 26.5. The van der Waals surface area contributed by atoms with Crippen LogP contribution in [0.25, 0.3) is 17.0 Å². The predicted molar refractivity (Wildman–Crippen MR) is 188 cm³/mol. The Morgan fingerprint density at radius 2 is 1.73 bits per heavy atom. The largest absolute Gasteiger partial charge is 0.487 e. The highest BCUT2D eigenvalue weighted by Gasteiger charge is 2.19. The Morgan fingerprint density at radius 3 is 2.48 bits per heavy atom. The summed E-state index contributed by atoms with van der Waals surface area (Å²) in [4.78, 5) is 52.1. The Kier molecular flexibility index (Phi) is 11.0. The topological polar surface area (TPSA) is 126 Å². The number of aryl methyl sites for hydroxylation is 2. The number of carbonyl (C=O) groups is 3. The first-order chi connectivity index (χ1) is 23.1. The number of anilines is 2. The molecule has 0 unspecified atom stereocenters. The van der Waals surface area contributed by atoms with E-state index in [9.17, 15) is 14.4 Å². The normalized spacial score (nSPS) is 11.0. The molecule has 0 spiro atoms. The minimum Gasteiger partial charge on any atom is -0.487 e. The number of ether oxygens (including phenoxy) is 1. The number of aromatic nitrogens is 3. The molecule has 0 atom stereocenters. The number of nitrogens with one attached hydrogen (secondary N) is 2. The average molecular weight is 684 g/mol. The van der Waals surface area contributed by atoms with Crippen LogP contribution >= 0.6 is 23.2 Å². The lowest BCUT2D eigenvalue weighted by Gasteiger charge is -2.21. The van der Waals surface area contributed by atoms with Crippen LogP contribution in [0.2, 0.25) is 10.0 Å². The third-order valence-corrected chi connectivity index (χ3v) is 8.10. The van der Waals surface area contributed by atoms with E-state index in [-0.39, 0.29) is 30.5 Å². The van der Waals surface area contributed by atoms with Crippen LogP contribution in [0.5, 0.6) is 5.75 Å². The van der Waals surface area contributed by atoms with E-state index < -0.39 is 11.8 Å². The first-order valence-corrected chi connectivity index (χ1v) is 15.7. The third kappa shape index (κ3) is 8.72. The van der Waals surface area contributed by atoms with Crippen LogP contribution < -0.4 is 20.3 Å². The van der Waals surface area contributed by atoms with Gasteiger partial charge in [0.25, 0.3) is 0 Å². The smallest absolute Gasteiger partial charge is 0.246 e. The van der Waals surface area contributed by atoms with Crippen molar-refractivity contribution in [2.75, 3.05) is 23.8 Å². The van der Waals surface area contributed by atoms with Crippen LogP contribution in [0.1, 0.15) is 28.1 Å². The van der Waals surface area contributed by atoms with E-state index in [1.807, 2.05) is 56.3 Å². The number of fused-ring (bicyclic) bond motifs is 1. The lowest BCUT2D eigenvalue weighted by molar-refractivity contribution is -0.122. The molecule has 5 rings (SSSR count). The van der Waals surface area contributed by atoms with E-state index in [2.05, 4.69) is 25.6 Å². The monoisotopic (exact) mass is 682 g/mol. The number of rotatable bonds is 11. The van der Waals surface area contributed by atoms with E-state index in [1.54, 1.807) is 43.6 Å². The molecule has 0 saturated heterocycles. The second kappa shape index (κ2) is 15.5. The summed E-state index contributed by atoms with van der Waals surface area (Å²) in [5, 5.41) is 6.90. The predicted octanol–water partition coefficient (Wildman–Crippen LogP) is 6.50. The summed E-state index contributed by atoms with van der Waals surface area (Å²) >= 11 is 13.2. The van der Waals surface area contributed by atoms with E-state index in [0.29, 0.717) is 33.4 Å². The molecular weight excluding hydrogens is 651 g/mol. The fourth-order valence-corrected chi connectivity index (χ4v) is 5.27. The number of benzene rings is 2. The van der Waals surface area contributed by atoms with Crippen molar-refractivity contribution in [3.8, 4) is 5.75 Å². The van der Waals surface area contributed by atoms with Gasteiger partial charge in [0.1, 0.15) is 23.7 Å². The number of nitrogens with zero attached hydrogens (tertiary/aromatic N) is 4. The fraction of sp³-hybridized carbons (Fsp3) is 0.167. The molecule has 0 aliphatic carbocycles. The second-order valence-corrected chi connectivity index (χ2v) is 11.7. The highest BCUT2D eigenvalue weighted by Crippen LogP contribution is 2.35. The van der Waals surface area contributed by atoms with Gasteiger partial charge in [-0.2, -0.15) is 0 Å². The lowest BCUT2D eigenvalue weighted by Crippen LogP contribution is -2.37. The van der Waals surface area contributed by atoms with Crippen LogP contribution in [-0.4, -0.2) is 46.3 Å². The number of pyridine rings is 3. The standard InChI is InChI=1S/C36H32Cl2N6O4/c1-22-7-9-25(19-39-22)17-33(46)43-31-15-10-24(18-40-31)11-16-32(45)41-20-34(47)44(3)29-14-13-28(37)27(35(29)38)21-48-30-6-4-5-26-12-8-23(2)42-36(26)30/h4-16,18-19H,17,20-21H2,1-3H3,(H,41,45)(H,40,43,46). The first kappa shape index (κ1) is 34.0. The highest BCUT2D eigenvalue weighted by atomic mass is 35.5. The number of hydrogen-bond donors (Lipinski definition) is 2. The summed E-state index contributed by atoms with van der Waals surface area (Å²) < 4.78 is 6.08. The molecule has 12 heteroatoms. The molecule has 244 valence electrons. The molecule has 2 N–H and O–H groups in total. The van der Waals surface area contributed by atoms with Crippen molar-refractivity contribution in [2.45, 2.75) is 26.9 Å². The highest BCUT2D eigenvalue weighted by molar-refractivity contribution is 6.38. The van der Waals surface area contributed by atoms with Crippen LogP contribution in [0.15, 0.2) is 85.2 Å². The molecule has 48 heavy (non-hydrogen) atoms. The minimum atomic E-state index is -0.476. The Morgan fingerprint density at radius 1 is 0.917 bits per heavy atom. The second-order valence-electron chi connectivity index (χ2n) is 10.9. The van der Waals surface area contributed by atoms with Gasteiger partial charge in [-0.05, 0) is 73.5 Å². The van der Waals surface area contributed by atoms with E-state index in [1.165, 1.54) is 17.2 Å². The summed E-state index contributed by atoms with van der Waals surface area (Å²) in [6, 6.07) is 19.9. The van der Waals surface area contributed by atoms with Crippen molar-refractivity contribution in [3.05, 3.63) is 123 Å². The molecular formula is C36H32Cl2N6O4. The number of carbonyl (C=O) groups excluding carboxylic acids is 3. The van der Waals surface area contributed by atoms with Crippen molar-refractivity contribution in [1.29, 1.82) is 0 Å². The number of likely N-dealkylation sites (N-methyl/N-ethyl adjacent to an activating group) is 1. The van der Waals surface area contributed by atoms with Gasteiger partial charge in [-0.3, -0.25) is 19.4 Å². The quantitative estimate of drug-likeness (QED) is 0.152. The summed E-state index contributed by atoms with van der Waals surface area (Å²) in [5.41, 5.74) is 4.81. The molecule has 0 fully saturated rings. The first-order valence-electron chi connectivity index (χ1n) is 14.9. The van der Waals surface area contributed by atoms with Gasteiger partial charge in [0.05, 0.1) is 23.7 Å². The maximum Gasteiger partial charge on any atom is 0.246 e. The van der Waals surface area contributed by atoms with Gasteiger partial charge in [0, 0.05) is 52.9 Å². The zero-order chi connectivity index (χ0) is 34.2. The molecule has 3 amide bonds. The molecule has 0 bridgehead atoms. The Balaban J connectivity index is 1.13. The molecule has 3 heterocycles. The molecule has 3 aromatic heterocycles. The van der Waals surface area contributed by atoms with Gasteiger partial charge >= 0.3 is 0 Å². The van der Waals surface area contributed by atoms with Gasteiger partial charge in [0.15, 0.2) is 0 Å². The molecule has 0 radical (unpaired) electrons. The molecule has 10 nitrogen and oxygen atoms in total. The number of amides is 3. The van der Waals surface area contributed by atoms with E-state index >= 15 is 0 Å². The molecule has 0 aliphatic heterocycles. The minimum absolute atomic E-state index is 0.0527. The van der Waals surface area contributed by atoms with Crippen molar-refractivity contribution in [3.63, 3.8) is 0 Å².